The second kappa shape index (κ2) is 5.38. The van der Waals surface area contributed by atoms with Gasteiger partial charge in [-0.2, -0.15) is 0 Å². The summed E-state index contributed by atoms with van der Waals surface area (Å²) in [5, 5.41) is 0. The van der Waals surface area contributed by atoms with E-state index in [2.05, 4.69) is 18.7 Å². The fourth-order valence-electron chi connectivity index (χ4n) is 2.39. The van der Waals surface area contributed by atoms with Crippen LogP contribution in [0.2, 0.25) is 0 Å². The summed E-state index contributed by atoms with van der Waals surface area (Å²) in [6.07, 6.45) is 6.07. The molecule has 14 heavy (non-hydrogen) atoms. The van der Waals surface area contributed by atoms with Gasteiger partial charge in [-0.3, -0.25) is 4.79 Å². The molecule has 0 aromatic rings. The summed E-state index contributed by atoms with van der Waals surface area (Å²) in [4.78, 5) is 13.5. The van der Waals surface area contributed by atoms with Crippen molar-refractivity contribution in [2.75, 3.05) is 6.54 Å². The summed E-state index contributed by atoms with van der Waals surface area (Å²) in [7, 11) is 0. The summed E-state index contributed by atoms with van der Waals surface area (Å²) >= 11 is 0. The van der Waals surface area contributed by atoms with Gasteiger partial charge in [0.05, 0.1) is 0 Å². The molecule has 0 unspecified atom stereocenters. The number of carbonyl (C=O) groups is 1. The van der Waals surface area contributed by atoms with Gasteiger partial charge in [-0.05, 0) is 38.0 Å². The van der Waals surface area contributed by atoms with Crippen molar-refractivity contribution in [1.82, 2.24) is 4.90 Å². The lowest BCUT2D eigenvalue weighted by molar-refractivity contribution is -0.132. The Labute approximate surface area is 87.7 Å². The normalized spacial score (nSPS) is 27.4. The van der Waals surface area contributed by atoms with Gasteiger partial charge >= 0.3 is 0 Å². The van der Waals surface area contributed by atoms with Crippen molar-refractivity contribution >= 4 is 5.91 Å². The van der Waals surface area contributed by atoms with Gasteiger partial charge in [-0.1, -0.05) is 13.8 Å². The van der Waals surface area contributed by atoms with Crippen LogP contribution in [0.15, 0.2) is 0 Å². The van der Waals surface area contributed by atoms with E-state index < -0.39 is 0 Å². The lowest BCUT2D eigenvalue weighted by atomic mass is 9.86. The third-order valence-corrected chi connectivity index (χ3v) is 3.30. The molecule has 0 heterocycles. The van der Waals surface area contributed by atoms with Gasteiger partial charge in [0.25, 0.3) is 0 Å². The maximum atomic E-state index is 11.4. The van der Waals surface area contributed by atoms with Crippen LogP contribution < -0.4 is 0 Å². The van der Waals surface area contributed by atoms with Crippen LogP contribution in [-0.4, -0.2) is 23.4 Å². The number of rotatable bonds is 3. The fourth-order valence-corrected chi connectivity index (χ4v) is 2.39. The van der Waals surface area contributed by atoms with E-state index in [-0.39, 0.29) is 5.91 Å². The summed E-state index contributed by atoms with van der Waals surface area (Å²) in [6, 6.07) is 0.531. The minimum absolute atomic E-state index is 0.256. The van der Waals surface area contributed by atoms with E-state index in [0.717, 1.165) is 18.9 Å². The SMILES string of the molecule is CCCN(C(C)=O)C1CCC(C)CC1. The molecule has 82 valence electrons. The predicted octanol–water partition coefficient (Wildman–Crippen LogP) is 2.82. The van der Waals surface area contributed by atoms with Crippen molar-refractivity contribution in [1.29, 1.82) is 0 Å². The third kappa shape index (κ3) is 3.00. The van der Waals surface area contributed by atoms with Crippen LogP contribution in [0.5, 0.6) is 0 Å². The van der Waals surface area contributed by atoms with Crippen LogP contribution in [-0.2, 0) is 4.79 Å². The van der Waals surface area contributed by atoms with Gasteiger partial charge in [-0.25, -0.2) is 0 Å². The first-order valence-corrected chi connectivity index (χ1v) is 5.92. The number of amides is 1. The Morgan fingerprint density at radius 2 is 1.86 bits per heavy atom. The number of carbonyl (C=O) groups excluding carboxylic acids is 1. The van der Waals surface area contributed by atoms with Gasteiger partial charge < -0.3 is 4.90 Å². The maximum absolute atomic E-state index is 11.4. The molecule has 1 amide bonds. The molecule has 1 aliphatic carbocycles. The summed E-state index contributed by atoms with van der Waals surface area (Å²) in [5.41, 5.74) is 0. The van der Waals surface area contributed by atoms with Gasteiger partial charge in [0.2, 0.25) is 5.91 Å². The number of nitrogens with zero attached hydrogens (tertiary/aromatic N) is 1. The minimum Gasteiger partial charge on any atom is -0.340 e. The zero-order valence-electron chi connectivity index (χ0n) is 9.75. The molecule has 0 radical (unpaired) electrons. The average Bonchev–Trinajstić information content (AvgIpc) is 2.15. The molecule has 2 heteroatoms. The van der Waals surface area contributed by atoms with E-state index in [4.69, 9.17) is 0 Å². The first-order chi connectivity index (χ1) is 6.65. The van der Waals surface area contributed by atoms with Gasteiger partial charge in [0, 0.05) is 19.5 Å². The van der Waals surface area contributed by atoms with Gasteiger partial charge in [-0.15, -0.1) is 0 Å². The molecule has 0 aromatic carbocycles. The van der Waals surface area contributed by atoms with Gasteiger partial charge in [0.15, 0.2) is 0 Å². The van der Waals surface area contributed by atoms with Crippen molar-refractivity contribution in [3.63, 3.8) is 0 Å². The van der Waals surface area contributed by atoms with Crippen LogP contribution in [0, 0.1) is 5.92 Å². The molecule has 1 saturated carbocycles. The van der Waals surface area contributed by atoms with E-state index in [0.29, 0.717) is 6.04 Å². The molecule has 0 spiro atoms. The van der Waals surface area contributed by atoms with Crippen LogP contribution in [0.1, 0.15) is 52.9 Å². The molecular weight excluding hydrogens is 174 g/mol. The monoisotopic (exact) mass is 197 g/mol. The number of hydrogen-bond acceptors (Lipinski definition) is 1. The molecule has 0 N–H and O–H groups in total. The minimum atomic E-state index is 0.256. The molecule has 0 aliphatic heterocycles. The van der Waals surface area contributed by atoms with E-state index in [1.807, 2.05) is 0 Å². The van der Waals surface area contributed by atoms with Crippen LogP contribution in [0.4, 0.5) is 0 Å². The summed E-state index contributed by atoms with van der Waals surface area (Å²) in [5.74, 6) is 1.12. The largest absolute Gasteiger partial charge is 0.340 e. The van der Waals surface area contributed by atoms with Crippen molar-refractivity contribution < 1.29 is 4.79 Å². The van der Waals surface area contributed by atoms with Crippen molar-refractivity contribution in [2.24, 2.45) is 5.92 Å². The average molecular weight is 197 g/mol. The molecule has 2 nitrogen and oxygen atoms in total. The standard InChI is InChI=1S/C12H23NO/c1-4-9-13(11(3)14)12-7-5-10(2)6-8-12/h10,12H,4-9H2,1-3H3. The molecule has 0 aromatic heterocycles. The summed E-state index contributed by atoms with van der Waals surface area (Å²) < 4.78 is 0. The Balaban J connectivity index is 2.47. The first-order valence-electron chi connectivity index (χ1n) is 5.92. The maximum Gasteiger partial charge on any atom is 0.219 e. The molecule has 1 aliphatic rings. The third-order valence-electron chi connectivity index (χ3n) is 3.30. The second-order valence-electron chi connectivity index (χ2n) is 4.63. The highest BCUT2D eigenvalue weighted by molar-refractivity contribution is 5.73. The fraction of sp³-hybridized carbons (Fsp3) is 0.917. The van der Waals surface area contributed by atoms with Crippen molar-refractivity contribution in [3.8, 4) is 0 Å². The number of hydrogen-bond donors (Lipinski definition) is 0. The summed E-state index contributed by atoms with van der Waals surface area (Å²) in [6.45, 7) is 7.09. The predicted molar refractivity (Wildman–Crippen MR) is 59.1 cm³/mol. The highest BCUT2D eigenvalue weighted by atomic mass is 16.2. The zero-order chi connectivity index (χ0) is 10.6. The highest BCUT2D eigenvalue weighted by Crippen LogP contribution is 2.27. The Morgan fingerprint density at radius 3 is 2.29 bits per heavy atom. The van der Waals surface area contributed by atoms with Crippen LogP contribution >= 0.6 is 0 Å². The van der Waals surface area contributed by atoms with E-state index in [1.54, 1.807) is 6.92 Å². The van der Waals surface area contributed by atoms with Crippen LogP contribution in [0.25, 0.3) is 0 Å². The Hall–Kier alpha value is -0.530. The van der Waals surface area contributed by atoms with E-state index in [9.17, 15) is 4.79 Å². The van der Waals surface area contributed by atoms with Crippen molar-refractivity contribution in [3.05, 3.63) is 0 Å². The Kier molecular flexibility index (Phi) is 4.43. The zero-order valence-corrected chi connectivity index (χ0v) is 9.75. The van der Waals surface area contributed by atoms with Gasteiger partial charge in [0.1, 0.15) is 0 Å². The first kappa shape index (κ1) is 11.5. The second-order valence-corrected chi connectivity index (χ2v) is 4.63. The van der Waals surface area contributed by atoms with E-state index in [1.165, 1.54) is 25.7 Å². The molecule has 0 bridgehead atoms. The smallest absolute Gasteiger partial charge is 0.219 e. The van der Waals surface area contributed by atoms with E-state index >= 15 is 0 Å². The van der Waals surface area contributed by atoms with Crippen LogP contribution in [0.3, 0.4) is 0 Å². The lowest BCUT2D eigenvalue weighted by Crippen LogP contribution is -2.41. The van der Waals surface area contributed by atoms with Crippen molar-refractivity contribution in [2.45, 2.75) is 58.9 Å². The molecule has 0 atom stereocenters. The highest BCUT2D eigenvalue weighted by Gasteiger charge is 2.24. The Morgan fingerprint density at radius 1 is 1.29 bits per heavy atom. The Bertz CT molecular complexity index is 183. The topological polar surface area (TPSA) is 20.3 Å². The molecule has 1 rings (SSSR count). The molecule has 0 saturated heterocycles. The molecular formula is C12H23NO. The molecule has 1 fully saturated rings. The quantitative estimate of drug-likeness (QED) is 0.681. The lowest BCUT2D eigenvalue weighted by Gasteiger charge is -2.35.